The molecule has 0 atom stereocenters. The lowest BCUT2D eigenvalue weighted by molar-refractivity contribution is -0.143. The van der Waals surface area contributed by atoms with Gasteiger partial charge in [-0.2, -0.15) is 0 Å². The van der Waals surface area contributed by atoms with Crippen LogP contribution < -0.4 is 0 Å². The number of esters is 1. The lowest BCUT2D eigenvalue weighted by Gasteiger charge is -2.27. The quantitative estimate of drug-likeness (QED) is 0.176. The molecule has 0 aromatic heterocycles. The maximum atomic E-state index is 14.0. The van der Waals surface area contributed by atoms with Crippen LogP contribution in [0.4, 0.5) is 0 Å². The van der Waals surface area contributed by atoms with Crippen LogP contribution in [0.25, 0.3) is 16.7 Å². The molecule has 0 saturated heterocycles. The zero-order valence-corrected chi connectivity index (χ0v) is 24.4. The third-order valence-corrected chi connectivity index (χ3v) is 8.17. The molecule has 0 aliphatic heterocycles. The lowest BCUT2D eigenvalue weighted by atomic mass is 9.76. The number of carboxylic acids is 1. The SMILES string of the molecule is CCCCOC(=O)CCC1=C2C(=CC=CC1)C=C(C)C2=C1C(=O)C(c2c(C)cc3ccccc(CCC(=O)O)c2-3)=C1O. The number of fused-ring (bicyclic) bond motifs is 2. The van der Waals surface area contributed by atoms with Crippen LogP contribution in [0.15, 0.2) is 93.8 Å². The van der Waals surface area contributed by atoms with Crippen LogP contribution in [0.3, 0.4) is 0 Å². The molecule has 0 aromatic carbocycles. The second-order valence-corrected chi connectivity index (χ2v) is 11.1. The van der Waals surface area contributed by atoms with Gasteiger partial charge in [0, 0.05) is 24.0 Å². The van der Waals surface area contributed by atoms with Crippen molar-refractivity contribution in [3.63, 3.8) is 0 Å². The van der Waals surface area contributed by atoms with Crippen molar-refractivity contribution in [1.82, 2.24) is 0 Å². The van der Waals surface area contributed by atoms with Gasteiger partial charge in [0.25, 0.3) is 0 Å². The van der Waals surface area contributed by atoms with Crippen LogP contribution in [0.2, 0.25) is 0 Å². The molecule has 216 valence electrons. The molecule has 0 bridgehead atoms. The smallest absolute Gasteiger partial charge is 0.306 e. The number of ketones is 1. The highest BCUT2D eigenvalue weighted by Gasteiger charge is 2.42. The molecule has 0 radical (unpaired) electrons. The summed E-state index contributed by atoms with van der Waals surface area (Å²) in [6.45, 7) is 6.32. The Morgan fingerprint density at radius 3 is 2.50 bits per heavy atom. The van der Waals surface area contributed by atoms with E-state index in [1.807, 2.05) is 75.4 Å². The molecule has 0 fully saturated rings. The van der Waals surface area contributed by atoms with Crippen molar-refractivity contribution in [1.29, 1.82) is 0 Å². The highest BCUT2D eigenvalue weighted by atomic mass is 16.5. The van der Waals surface area contributed by atoms with Gasteiger partial charge in [-0.05, 0) is 78.5 Å². The summed E-state index contributed by atoms with van der Waals surface area (Å²) in [5.74, 6) is -1.40. The molecule has 6 heteroatoms. The van der Waals surface area contributed by atoms with E-state index < -0.39 is 5.97 Å². The van der Waals surface area contributed by atoms with Gasteiger partial charge in [-0.25, -0.2) is 0 Å². The minimum Gasteiger partial charge on any atom is -0.506 e. The average Bonchev–Trinajstić information content (AvgIpc) is 3.24. The first-order valence-corrected chi connectivity index (χ1v) is 14.6. The van der Waals surface area contributed by atoms with Crippen molar-refractivity contribution in [3.05, 3.63) is 111 Å². The summed E-state index contributed by atoms with van der Waals surface area (Å²) in [4.78, 5) is 37.8. The van der Waals surface area contributed by atoms with E-state index in [4.69, 9.17) is 4.74 Å². The van der Waals surface area contributed by atoms with Gasteiger partial charge >= 0.3 is 11.9 Å². The minimum atomic E-state index is -0.892. The highest BCUT2D eigenvalue weighted by molar-refractivity contribution is 6.41. The maximum absolute atomic E-state index is 14.0. The summed E-state index contributed by atoms with van der Waals surface area (Å²) in [6, 6.07) is 9.58. The van der Waals surface area contributed by atoms with Crippen molar-refractivity contribution >= 4 is 23.3 Å². The Balaban J connectivity index is 1.58. The van der Waals surface area contributed by atoms with Crippen molar-refractivity contribution in [2.45, 2.75) is 65.7 Å². The van der Waals surface area contributed by atoms with E-state index in [0.717, 1.165) is 63.0 Å². The molecule has 0 heterocycles. The van der Waals surface area contributed by atoms with Gasteiger partial charge in [0.2, 0.25) is 5.78 Å². The summed E-state index contributed by atoms with van der Waals surface area (Å²) in [5.41, 5.74) is 9.11. The molecule has 42 heavy (non-hydrogen) atoms. The van der Waals surface area contributed by atoms with E-state index in [0.29, 0.717) is 37.0 Å². The summed E-state index contributed by atoms with van der Waals surface area (Å²) < 4.78 is 5.37. The molecule has 0 saturated carbocycles. The number of aryl methyl sites for hydroxylation is 2. The number of aliphatic carboxylic acids is 1. The van der Waals surface area contributed by atoms with Gasteiger partial charge in [0.15, 0.2) is 0 Å². The first-order chi connectivity index (χ1) is 20.2. The molecule has 0 amide bonds. The molecule has 0 aromatic rings. The Hall–Kier alpha value is -4.45. The van der Waals surface area contributed by atoms with Crippen LogP contribution in [-0.2, 0) is 25.5 Å². The third-order valence-electron chi connectivity index (χ3n) is 8.17. The zero-order valence-electron chi connectivity index (χ0n) is 24.4. The van der Waals surface area contributed by atoms with Crippen LogP contribution in [0.5, 0.6) is 0 Å². The first kappa shape index (κ1) is 29.1. The lowest BCUT2D eigenvalue weighted by Crippen LogP contribution is -2.24. The number of rotatable bonds is 10. The number of carbonyl (C=O) groups is 3. The summed E-state index contributed by atoms with van der Waals surface area (Å²) in [5, 5.41) is 20.9. The molecule has 6 nitrogen and oxygen atoms in total. The number of unbranched alkanes of at least 4 members (excludes halogenated alkanes) is 1. The van der Waals surface area contributed by atoms with E-state index in [1.165, 1.54) is 0 Å². The van der Waals surface area contributed by atoms with Crippen LogP contribution >= 0.6 is 0 Å². The molecule has 0 spiro atoms. The fourth-order valence-corrected chi connectivity index (χ4v) is 6.17. The van der Waals surface area contributed by atoms with Gasteiger partial charge in [0.1, 0.15) is 5.76 Å². The topological polar surface area (TPSA) is 101 Å². The van der Waals surface area contributed by atoms with E-state index in [-0.39, 0.29) is 35.9 Å². The van der Waals surface area contributed by atoms with Crippen LogP contribution in [0.1, 0.15) is 69.1 Å². The van der Waals surface area contributed by atoms with Crippen LogP contribution in [0, 0.1) is 6.92 Å². The Kier molecular flexibility index (Phi) is 8.44. The van der Waals surface area contributed by atoms with Gasteiger partial charge in [-0.3, -0.25) is 14.4 Å². The van der Waals surface area contributed by atoms with Gasteiger partial charge in [-0.1, -0.05) is 73.6 Å². The number of aliphatic hydroxyl groups excluding tert-OH is 1. The van der Waals surface area contributed by atoms with Crippen LogP contribution in [-0.4, -0.2) is 34.5 Å². The number of aliphatic hydroxyl groups is 1. The normalized spacial score (nSPS) is 18.1. The molecule has 5 aliphatic carbocycles. The monoisotopic (exact) mass is 564 g/mol. The zero-order chi connectivity index (χ0) is 30.0. The molecule has 5 rings (SSSR count). The number of Topliss-reactive ketones (excluding diaryl/α,β-unsaturated/α-hetero) is 1. The number of allylic oxidation sites excluding steroid dienone is 11. The predicted octanol–water partition coefficient (Wildman–Crippen LogP) is 7.53. The predicted molar refractivity (Wildman–Crippen MR) is 163 cm³/mol. The second kappa shape index (κ2) is 12.2. The van der Waals surface area contributed by atoms with Gasteiger partial charge in [0.05, 0.1) is 17.8 Å². The first-order valence-electron chi connectivity index (χ1n) is 14.6. The summed E-state index contributed by atoms with van der Waals surface area (Å²) >= 11 is 0. The van der Waals surface area contributed by atoms with Crippen molar-refractivity contribution in [2.75, 3.05) is 6.61 Å². The number of ether oxygens (including phenoxy) is 1. The summed E-state index contributed by atoms with van der Waals surface area (Å²) in [7, 11) is 0. The van der Waals surface area contributed by atoms with Gasteiger partial charge in [-0.15, -0.1) is 0 Å². The fraction of sp³-hybridized carbons (Fsp3) is 0.306. The average molecular weight is 565 g/mol. The highest BCUT2D eigenvalue weighted by Crippen LogP contribution is 2.51. The minimum absolute atomic E-state index is 0.0345. The molecular formula is C36H36O6. The standard InChI is InChI=1S/C36H36O6/c1-4-5-18-42-28(39)17-15-24-11-7-9-13-26-20-22(3)30(32(24)26)34-35(40)33(36(34)41)29-21(2)19-25-12-8-6-10-23(31(25)29)14-16-27(37)38/h6-10,12-13,19-20,40H,4-5,11,14-18H2,1-3H3,(H,37,38). The third kappa shape index (κ3) is 5.41. The Morgan fingerprint density at radius 2 is 1.76 bits per heavy atom. The Morgan fingerprint density at radius 1 is 0.976 bits per heavy atom. The number of carbonyl (C=O) groups excluding carboxylic acids is 2. The van der Waals surface area contributed by atoms with Gasteiger partial charge < -0.3 is 14.9 Å². The van der Waals surface area contributed by atoms with E-state index in [1.54, 1.807) is 0 Å². The largest absolute Gasteiger partial charge is 0.506 e. The fourth-order valence-electron chi connectivity index (χ4n) is 6.17. The molecule has 2 N–H and O–H groups in total. The van der Waals surface area contributed by atoms with Crippen molar-refractivity contribution < 1.29 is 29.3 Å². The van der Waals surface area contributed by atoms with Crippen molar-refractivity contribution in [2.24, 2.45) is 0 Å². The Bertz CT molecular complexity index is 1640. The van der Waals surface area contributed by atoms with E-state index >= 15 is 0 Å². The molecule has 5 aliphatic rings. The number of hydrogen-bond donors (Lipinski definition) is 2. The second-order valence-electron chi connectivity index (χ2n) is 11.1. The molecule has 0 unspecified atom stereocenters. The van der Waals surface area contributed by atoms with E-state index in [9.17, 15) is 24.6 Å². The molecular weight excluding hydrogens is 528 g/mol. The van der Waals surface area contributed by atoms with E-state index in [2.05, 4.69) is 0 Å². The Labute approximate surface area is 246 Å². The van der Waals surface area contributed by atoms with Crippen molar-refractivity contribution in [3.8, 4) is 11.1 Å². The number of hydrogen-bond acceptors (Lipinski definition) is 5. The number of carboxylic acid groups (broad SMARTS) is 1. The summed E-state index contributed by atoms with van der Waals surface area (Å²) in [6.07, 6.45) is 11.5. The maximum Gasteiger partial charge on any atom is 0.306 e.